The fourth-order valence-corrected chi connectivity index (χ4v) is 5.86. The molecule has 10 nitrogen and oxygen atoms in total. The van der Waals surface area contributed by atoms with E-state index >= 15 is 0 Å². The summed E-state index contributed by atoms with van der Waals surface area (Å²) in [6.07, 6.45) is 4.19. The lowest BCUT2D eigenvalue weighted by atomic mass is 9.86. The van der Waals surface area contributed by atoms with Gasteiger partial charge in [0.1, 0.15) is 5.75 Å². The van der Waals surface area contributed by atoms with E-state index in [1.165, 1.54) is 11.1 Å². The van der Waals surface area contributed by atoms with Gasteiger partial charge in [-0.1, -0.05) is 23.3 Å². The van der Waals surface area contributed by atoms with Gasteiger partial charge in [-0.3, -0.25) is 14.5 Å². The first-order valence-electron chi connectivity index (χ1n) is 15.2. The molecule has 0 bridgehead atoms. The normalized spacial score (nSPS) is 20.8. The number of carbonyl (C=O) groups is 2. The number of nitrogens with zero attached hydrogens (tertiary/aromatic N) is 5. The fraction of sp³-hybridized carbons (Fsp3) is 0.562. The van der Waals surface area contributed by atoms with Crippen molar-refractivity contribution < 1.29 is 14.3 Å². The van der Waals surface area contributed by atoms with Gasteiger partial charge in [0.05, 0.1) is 6.10 Å². The van der Waals surface area contributed by atoms with Gasteiger partial charge < -0.3 is 20.3 Å². The van der Waals surface area contributed by atoms with E-state index in [9.17, 15) is 9.59 Å². The molecule has 0 radical (unpaired) electrons. The number of anilines is 1. The van der Waals surface area contributed by atoms with Crippen molar-refractivity contribution in [3.8, 4) is 5.75 Å². The topological polar surface area (TPSA) is 123 Å². The average molecular weight is 576 g/mol. The van der Waals surface area contributed by atoms with Gasteiger partial charge in [-0.25, -0.2) is 0 Å². The van der Waals surface area contributed by atoms with Crippen molar-refractivity contribution in [1.29, 1.82) is 0 Å². The van der Waals surface area contributed by atoms with E-state index in [2.05, 4.69) is 57.6 Å². The molecule has 2 aliphatic rings. The summed E-state index contributed by atoms with van der Waals surface area (Å²) in [5.41, 5.74) is 12.8. The third-order valence-corrected chi connectivity index (χ3v) is 8.33. The van der Waals surface area contributed by atoms with Crippen LogP contribution in [0.1, 0.15) is 62.1 Å². The molecule has 0 spiro atoms. The van der Waals surface area contributed by atoms with E-state index in [-0.39, 0.29) is 23.8 Å². The molecule has 1 saturated carbocycles. The second-order valence-corrected chi connectivity index (χ2v) is 11.7. The highest BCUT2D eigenvalue weighted by atomic mass is 16.5. The van der Waals surface area contributed by atoms with E-state index in [4.69, 9.17) is 10.3 Å². The van der Waals surface area contributed by atoms with Gasteiger partial charge in [0, 0.05) is 75.3 Å². The zero-order valence-electron chi connectivity index (χ0n) is 25.2. The van der Waals surface area contributed by atoms with Gasteiger partial charge >= 0.3 is 0 Å². The zero-order chi connectivity index (χ0) is 29.9. The Morgan fingerprint density at radius 2 is 2.00 bits per heavy atom. The molecule has 1 saturated heterocycles. The van der Waals surface area contributed by atoms with Crippen molar-refractivity contribution in [2.24, 2.45) is 11.0 Å². The summed E-state index contributed by atoms with van der Waals surface area (Å²) < 4.78 is 6.27. The molecule has 4 rings (SSSR count). The highest BCUT2D eigenvalue weighted by Crippen LogP contribution is 2.31. The van der Waals surface area contributed by atoms with Gasteiger partial charge in [-0.2, -0.15) is 0 Å². The largest absolute Gasteiger partial charge is 0.490 e. The van der Waals surface area contributed by atoms with Crippen molar-refractivity contribution in [2.75, 3.05) is 38.1 Å². The molecule has 1 heterocycles. The molecule has 0 aromatic heterocycles. The molecule has 2 aromatic carbocycles. The van der Waals surface area contributed by atoms with Crippen LogP contribution >= 0.6 is 0 Å². The summed E-state index contributed by atoms with van der Waals surface area (Å²) in [7, 11) is 1.89. The van der Waals surface area contributed by atoms with Crippen LogP contribution in [0.2, 0.25) is 0 Å². The molecule has 42 heavy (non-hydrogen) atoms. The van der Waals surface area contributed by atoms with Crippen LogP contribution in [0.4, 0.5) is 5.69 Å². The lowest BCUT2D eigenvalue weighted by molar-refractivity contribution is -0.123. The van der Waals surface area contributed by atoms with E-state index in [1.54, 1.807) is 0 Å². The maximum Gasteiger partial charge on any atom is 0.229 e. The average Bonchev–Trinajstić information content (AvgIpc) is 2.99. The Kier molecular flexibility index (Phi) is 11.6. The van der Waals surface area contributed by atoms with Crippen LogP contribution in [0, 0.1) is 12.8 Å². The third kappa shape index (κ3) is 9.21. The van der Waals surface area contributed by atoms with Crippen LogP contribution in [-0.2, 0) is 22.7 Å². The molecule has 2 fully saturated rings. The molecule has 2 aromatic rings. The SMILES string of the molecule is Cc1cc(N(C)C(=O)C2CCC(Oc3cccc(CNC(=O)CCCN=[N+]=[N-])c3)CC2)ccc1CN1CCN[C@@H](C)C1. The highest BCUT2D eigenvalue weighted by molar-refractivity contribution is 5.94. The van der Waals surface area contributed by atoms with E-state index in [0.29, 0.717) is 32.0 Å². The van der Waals surface area contributed by atoms with Crippen LogP contribution in [0.3, 0.4) is 0 Å². The van der Waals surface area contributed by atoms with Crippen molar-refractivity contribution >= 4 is 17.5 Å². The Morgan fingerprint density at radius 1 is 1.19 bits per heavy atom. The summed E-state index contributed by atoms with van der Waals surface area (Å²) in [5.74, 6) is 0.882. The van der Waals surface area contributed by atoms with Crippen molar-refractivity contribution in [3.05, 3.63) is 69.6 Å². The van der Waals surface area contributed by atoms with E-state index in [0.717, 1.165) is 68.9 Å². The fourth-order valence-electron chi connectivity index (χ4n) is 5.86. The maximum absolute atomic E-state index is 13.4. The molecule has 0 unspecified atom stereocenters. The number of nitrogens with one attached hydrogen (secondary N) is 2. The van der Waals surface area contributed by atoms with Crippen molar-refractivity contribution in [3.63, 3.8) is 0 Å². The Balaban J connectivity index is 1.22. The Morgan fingerprint density at radius 3 is 2.74 bits per heavy atom. The number of hydrogen-bond donors (Lipinski definition) is 2. The molecule has 2 amide bonds. The van der Waals surface area contributed by atoms with Crippen LogP contribution in [-0.4, -0.2) is 62.1 Å². The molecular formula is C32H45N7O3. The molecule has 1 aliphatic heterocycles. The van der Waals surface area contributed by atoms with Crippen LogP contribution in [0.5, 0.6) is 5.75 Å². The number of piperazine rings is 1. The molecule has 2 N–H and O–H groups in total. The van der Waals surface area contributed by atoms with Gasteiger partial charge in [-0.05, 0) is 92.4 Å². The van der Waals surface area contributed by atoms with Crippen LogP contribution in [0.15, 0.2) is 47.6 Å². The van der Waals surface area contributed by atoms with Gasteiger partial charge in [0.2, 0.25) is 11.8 Å². The highest BCUT2D eigenvalue weighted by Gasteiger charge is 2.30. The van der Waals surface area contributed by atoms with Gasteiger partial charge in [0.25, 0.3) is 0 Å². The lowest BCUT2D eigenvalue weighted by Gasteiger charge is -2.32. The summed E-state index contributed by atoms with van der Waals surface area (Å²) in [5, 5.41) is 9.85. The summed E-state index contributed by atoms with van der Waals surface area (Å²) in [4.78, 5) is 32.4. The van der Waals surface area contributed by atoms with Gasteiger partial charge in [0.15, 0.2) is 0 Å². The molecule has 226 valence electrons. The second-order valence-electron chi connectivity index (χ2n) is 11.7. The number of hydrogen-bond acceptors (Lipinski definition) is 6. The Bertz CT molecular complexity index is 1250. The summed E-state index contributed by atoms with van der Waals surface area (Å²) in [6, 6.07) is 14.7. The first-order valence-corrected chi connectivity index (χ1v) is 15.2. The Labute approximate surface area is 249 Å². The monoisotopic (exact) mass is 575 g/mol. The number of benzene rings is 2. The number of amides is 2. The molecule has 1 aliphatic carbocycles. The van der Waals surface area contributed by atoms with Crippen LogP contribution < -0.4 is 20.3 Å². The van der Waals surface area contributed by atoms with E-state index < -0.39 is 0 Å². The molecular weight excluding hydrogens is 530 g/mol. The minimum Gasteiger partial charge on any atom is -0.490 e. The van der Waals surface area contributed by atoms with Crippen molar-refractivity contribution in [1.82, 2.24) is 15.5 Å². The second kappa shape index (κ2) is 15.6. The number of aryl methyl sites for hydroxylation is 1. The molecule has 10 heteroatoms. The molecule has 1 atom stereocenters. The summed E-state index contributed by atoms with van der Waals surface area (Å²) >= 11 is 0. The number of azide groups is 1. The predicted octanol–water partition coefficient (Wildman–Crippen LogP) is 5.10. The number of ether oxygens (including phenoxy) is 1. The quantitative estimate of drug-likeness (QED) is 0.158. The first kappa shape index (κ1) is 31.3. The van der Waals surface area contributed by atoms with Crippen molar-refractivity contribution in [2.45, 2.75) is 77.6 Å². The smallest absolute Gasteiger partial charge is 0.229 e. The predicted molar refractivity (Wildman–Crippen MR) is 165 cm³/mol. The zero-order valence-corrected chi connectivity index (χ0v) is 25.2. The minimum atomic E-state index is -0.0709. The summed E-state index contributed by atoms with van der Waals surface area (Å²) in [6.45, 7) is 9.19. The maximum atomic E-state index is 13.4. The number of carbonyl (C=O) groups excluding carboxylic acids is 2. The number of rotatable bonds is 12. The lowest BCUT2D eigenvalue weighted by Crippen LogP contribution is -2.48. The minimum absolute atomic E-state index is 0.00225. The third-order valence-electron chi connectivity index (χ3n) is 8.33. The van der Waals surface area contributed by atoms with Gasteiger partial charge in [-0.15, -0.1) is 0 Å². The van der Waals surface area contributed by atoms with E-state index in [1.807, 2.05) is 36.2 Å². The standard InChI is InChI=1S/C32H45N7O3/c1-23-18-28(12-9-27(23)22-39-17-16-34-24(2)21-39)38(3)32(41)26-10-13-29(14-11-26)42-30-7-4-6-25(19-30)20-35-31(40)8-5-15-36-37-33/h4,6-7,9,12,18-19,24,26,29,34H,5,8,10-11,13-17,20-22H2,1-3H3,(H,35,40)/t24-,26?,29?/m0/s1. The van der Waals surface area contributed by atoms with Crippen LogP contribution in [0.25, 0.3) is 10.4 Å². The first-order chi connectivity index (χ1) is 20.3. The Hall–Kier alpha value is -3.59.